The molecular formula is C10H17N3O. The molecule has 0 saturated heterocycles. The molecule has 0 bridgehead atoms. The monoisotopic (exact) mass is 195 g/mol. The zero-order chi connectivity index (χ0) is 10.6. The summed E-state index contributed by atoms with van der Waals surface area (Å²) in [5.74, 6) is -0.0425. The third kappa shape index (κ3) is 2.87. The van der Waals surface area contributed by atoms with E-state index in [-0.39, 0.29) is 11.9 Å². The van der Waals surface area contributed by atoms with Crippen molar-refractivity contribution in [3.8, 4) is 0 Å². The second-order valence-corrected chi connectivity index (χ2v) is 3.57. The predicted molar refractivity (Wildman–Crippen MR) is 55.0 cm³/mol. The molecule has 4 nitrogen and oxygen atoms in total. The SMILES string of the molecule is CCC[C@@H](C)NC(=O)c1cnn(C)c1. The average molecular weight is 195 g/mol. The van der Waals surface area contributed by atoms with Gasteiger partial charge >= 0.3 is 0 Å². The summed E-state index contributed by atoms with van der Waals surface area (Å²) in [6.07, 6.45) is 5.38. The molecule has 0 aromatic carbocycles. The number of nitrogens with zero attached hydrogens (tertiary/aromatic N) is 2. The van der Waals surface area contributed by atoms with Crippen LogP contribution in [-0.2, 0) is 7.05 Å². The standard InChI is InChI=1S/C10H17N3O/c1-4-5-8(2)12-10(14)9-6-11-13(3)7-9/h6-8H,4-5H2,1-3H3,(H,12,14)/t8-/m1/s1. The van der Waals surface area contributed by atoms with Crippen molar-refractivity contribution >= 4 is 5.91 Å². The molecule has 1 atom stereocenters. The molecule has 0 fully saturated rings. The van der Waals surface area contributed by atoms with E-state index in [9.17, 15) is 4.79 Å². The van der Waals surface area contributed by atoms with Crippen LogP contribution in [0.3, 0.4) is 0 Å². The molecule has 78 valence electrons. The second kappa shape index (κ2) is 4.79. The van der Waals surface area contributed by atoms with Crippen molar-refractivity contribution in [3.05, 3.63) is 18.0 Å². The van der Waals surface area contributed by atoms with Gasteiger partial charge in [0.2, 0.25) is 0 Å². The lowest BCUT2D eigenvalue weighted by atomic mass is 10.2. The Bertz CT molecular complexity index is 306. The zero-order valence-corrected chi connectivity index (χ0v) is 8.95. The Hall–Kier alpha value is -1.32. The van der Waals surface area contributed by atoms with Crippen molar-refractivity contribution in [2.45, 2.75) is 32.7 Å². The van der Waals surface area contributed by atoms with E-state index in [1.807, 2.05) is 6.92 Å². The van der Waals surface area contributed by atoms with Crippen LogP contribution in [0.2, 0.25) is 0 Å². The van der Waals surface area contributed by atoms with Crippen molar-refractivity contribution in [1.82, 2.24) is 15.1 Å². The van der Waals surface area contributed by atoms with Gasteiger partial charge in [0.05, 0.1) is 11.8 Å². The Morgan fingerprint density at radius 2 is 2.43 bits per heavy atom. The molecule has 1 N–H and O–H groups in total. The molecule has 0 aliphatic carbocycles. The van der Waals surface area contributed by atoms with Crippen LogP contribution < -0.4 is 5.32 Å². The first-order valence-electron chi connectivity index (χ1n) is 4.93. The third-order valence-electron chi connectivity index (χ3n) is 2.07. The lowest BCUT2D eigenvalue weighted by Gasteiger charge is -2.11. The molecule has 0 aliphatic rings. The van der Waals surface area contributed by atoms with E-state index >= 15 is 0 Å². The van der Waals surface area contributed by atoms with Gasteiger partial charge in [-0.2, -0.15) is 5.10 Å². The van der Waals surface area contributed by atoms with Crippen LogP contribution in [0.5, 0.6) is 0 Å². The number of nitrogens with one attached hydrogen (secondary N) is 1. The van der Waals surface area contributed by atoms with E-state index in [0.717, 1.165) is 12.8 Å². The minimum atomic E-state index is -0.0425. The molecule has 0 radical (unpaired) electrons. The smallest absolute Gasteiger partial charge is 0.254 e. The van der Waals surface area contributed by atoms with Gasteiger partial charge in [-0.05, 0) is 13.3 Å². The summed E-state index contributed by atoms with van der Waals surface area (Å²) in [4.78, 5) is 11.6. The van der Waals surface area contributed by atoms with Gasteiger partial charge in [-0.1, -0.05) is 13.3 Å². The molecule has 0 aliphatic heterocycles. The summed E-state index contributed by atoms with van der Waals surface area (Å²) >= 11 is 0. The second-order valence-electron chi connectivity index (χ2n) is 3.57. The molecule has 0 spiro atoms. The number of hydrogen-bond donors (Lipinski definition) is 1. The third-order valence-corrected chi connectivity index (χ3v) is 2.07. The van der Waals surface area contributed by atoms with Gasteiger partial charge < -0.3 is 5.32 Å². The Kier molecular flexibility index (Phi) is 3.68. The largest absolute Gasteiger partial charge is 0.349 e. The number of hydrogen-bond acceptors (Lipinski definition) is 2. The van der Waals surface area contributed by atoms with Crippen LogP contribution in [0, 0.1) is 0 Å². The first-order chi connectivity index (χ1) is 6.63. The summed E-state index contributed by atoms with van der Waals surface area (Å²) in [5.41, 5.74) is 0.621. The first kappa shape index (κ1) is 10.8. The number of carbonyl (C=O) groups is 1. The number of amides is 1. The maximum Gasteiger partial charge on any atom is 0.254 e. The topological polar surface area (TPSA) is 46.9 Å². The van der Waals surface area contributed by atoms with Gasteiger partial charge in [0.15, 0.2) is 0 Å². The fourth-order valence-corrected chi connectivity index (χ4v) is 1.35. The fourth-order valence-electron chi connectivity index (χ4n) is 1.35. The summed E-state index contributed by atoms with van der Waals surface area (Å²) in [5, 5.41) is 6.86. The number of carbonyl (C=O) groups excluding carboxylic acids is 1. The van der Waals surface area contributed by atoms with Gasteiger partial charge in [0, 0.05) is 19.3 Å². The van der Waals surface area contributed by atoms with Gasteiger partial charge in [0.1, 0.15) is 0 Å². The van der Waals surface area contributed by atoms with E-state index in [1.54, 1.807) is 24.1 Å². The maximum absolute atomic E-state index is 11.6. The minimum Gasteiger partial charge on any atom is -0.349 e. The summed E-state index contributed by atoms with van der Waals surface area (Å²) in [6, 6.07) is 0.229. The zero-order valence-electron chi connectivity index (χ0n) is 8.95. The lowest BCUT2D eigenvalue weighted by Crippen LogP contribution is -2.32. The summed E-state index contributed by atoms with van der Waals surface area (Å²) in [6.45, 7) is 4.12. The molecule has 1 rings (SSSR count). The van der Waals surface area contributed by atoms with Crippen molar-refractivity contribution in [3.63, 3.8) is 0 Å². The molecule has 1 heterocycles. The molecule has 1 amide bonds. The Balaban J connectivity index is 2.50. The normalized spacial score (nSPS) is 12.5. The molecule has 14 heavy (non-hydrogen) atoms. The van der Waals surface area contributed by atoms with E-state index in [4.69, 9.17) is 0 Å². The highest BCUT2D eigenvalue weighted by atomic mass is 16.1. The Morgan fingerprint density at radius 1 is 1.71 bits per heavy atom. The predicted octanol–water partition coefficient (Wildman–Crippen LogP) is 1.34. The number of rotatable bonds is 4. The summed E-state index contributed by atoms with van der Waals surface area (Å²) < 4.78 is 1.62. The fraction of sp³-hybridized carbons (Fsp3) is 0.600. The van der Waals surface area contributed by atoms with Crippen LogP contribution in [0.1, 0.15) is 37.0 Å². The van der Waals surface area contributed by atoms with E-state index in [1.165, 1.54) is 0 Å². The summed E-state index contributed by atoms with van der Waals surface area (Å²) in [7, 11) is 1.80. The van der Waals surface area contributed by atoms with Gasteiger partial charge in [-0.3, -0.25) is 9.48 Å². The molecular weight excluding hydrogens is 178 g/mol. The van der Waals surface area contributed by atoms with E-state index in [2.05, 4.69) is 17.3 Å². The Labute approximate surface area is 84.3 Å². The van der Waals surface area contributed by atoms with Crippen molar-refractivity contribution in [1.29, 1.82) is 0 Å². The Morgan fingerprint density at radius 3 is 2.93 bits per heavy atom. The van der Waals surface area contributed by atoms with Crippen molar-refractivity contribution < 1.29 is 4.79 Å². The highest BCUT2D eigenvalue weighted by molar-refractivity contribution is 5.93. The molecule has 1 aromatic heterocycles. The highest BCUT2D eigenvalue weighted by Gasteiger charge is 2.10. The molecule has 0 unspecified atom stereocenters. The first-order valence-corrected chi connectivity index (χ1v) is 4.93. The van der Waals surface area contributed by atoms with Gasteiger partial charge in [-0.25, -0.2) is 0 Å². The lowest BCUT2D eigenvalue weighted by molar-refractivity contribution is 0.0938. The molecule has 4 heteroatoms. The van der Waals surface area contributed by atoms with Gasteiger partial charge in [-0.15, -0.1) is 0 Å². The van der Waals surface area contributed by atoms with Crippen LogP contribution >= 0.6 is 0 Å². The van der Waals surface area contributed by atoms with Crippen LogP contribution in [0.15, 0.2) is 12.4 Å². The molecule has 0 saturated carbocycles. The quantitative estimate of drug-likeness (QED) is 0.788. The highest BCUT2D eigenvalue weighted by Crippen LogP contribution is 1.99. The van der Waals surface area contributed by atoms with E-state index < -0.39 is 0 Å². The van der Waals surface area contributed by atoms with Gasteiger partial charge in [0.25, 0.3) is 5.91 Å². The van der Waals surface area contributed by atoms with Crippen molar-refractivity contribution in [2.24, 2.45) is 7.05 Å². The number of aromatic nitrogens is 2. The maximum atomic E-state index is 11.6. The van der Waals surface area contributed by atoms with Crippen LogP contribution in [-0.4, -0.2) is 21.7 Å². The van der Waals surface area contributed by atoms with Crippen LogP contribution in [0.25, 0.3) is 0 Å². The average Bonchev–Trinajstić information content (AvgIpc) is 2.52. The van der Waals surface area contributed by atoms with E-state index in [0.29, 0.717) is 5.56 Å². The molecule has 1 aromatic rings. The number of aryl methyl sites for hydroxylation is 1. The van der Waals surface area contributed by atoms with Crippen LogP contribution in [0.4, 0.5) is 0 Å². The minimum absolute atomic E-state index is 0.0425. The van der Waals surface area contributed by atoms with Crippen molar-refractivity contribution in [2.75, 3.05) is 0 Å².